The van der Waals surface area contributed by atoms with Crippen LogP contribution in [0.5, 0.6) is 0 Å². The standard InChI is InChI=1S/C19H22N6O2/c1-14-8-6-11-17(26)24(14)13-7-12-20-19(27)18(16-9-4-3-5-10-16)25-15(2)21-22-23-25/h3-6,8-11,18H,7,12-13H2,1-2H3,(H,20,27)/t18-/m1/s1. The molecular weight excluding hydrogens is 344 g/mol. The van der Waals surface area contributed by atoms with E-state index in [0.29, 0.717) is 25.3 Å². The average molecular weight is 366 g/mol. The highest BCUT2D eigenvalue weighted by molar-refractivity contribution is 5.83. The zero-order valence-corrected chi connectivity index (χ0v) is 15.4. The van der Waals surface area contributed by atoms with E-state index < -0.39 is 6.04 Å². The van der Waals surface area contributed by atoms with Crippen LogP contribution < -0.4 is 10.9 Å². The summed E-state index contributed by atoms with van der Waals surface area (Å²) in [6.45, 7) is 4.65. The van der Waals surface area contributed by atoms with Crippen molar-refractivity contribution in [2.45, 2.75) is 32.9 Å². The molecule has 0 aliphatic rings. The first-order chi connectivity index (χ1) is 13.1. The summed E-state index contributed by atoms with van der Waals surface area (Å²) in [7, 11) is 0. The van der Waals surface area contributed by atoms with Crippen LogP contribution in [0.4, 0.5) is 0 Å². The van der Waals surface area contributed by atoms with Crippen LogP contribution in [0.2, 0.25) is 0 Å². The first kappa shape index (κ1) is 18.5. The fraction of sp³-hybridized carbons (Fsp3) is 0.316. The molecule has 1 atom stereocenters. The van der Waals surface area contributed by atoms with Gasteiger partial charge in [0.05, 0.1) is 0 Å². The van der Waals surface area contributed by atoms with E-state index in [-0.39, 0.29) is 11.5 Å². The number of benzene rings is 1. The number of carbonyl (C=O) groups excluding carboxylic acids is 1. The molecule has 1 aromatic carbocycles. The van der Waals surface area contributed by atoms with Gasteiger partial charge in [-0.3, -0.25) is 9.59 Å². The molecule has 2 aromatic heterocycles. The SMILES string of the molecule is Cc1nnnn1[C@@H](C(=O)NCCCn1c(C)cccc1=O)c1ccccc1. The Morgan fingerprint density at radius 2 is 1.89 bits per heavy atom. The first-order valence-electron chi connectivity index (χ1n) is 8.81. The quantitative estimate of drug-likeness (QED) is 0.635. The number of carbonyl (C=O) groups is 1. The summed E-state index contributed by atoms with van der Waals surface area (Å²) in [5.41, 5.74) is 1.67. The lowest BCUT2D eigenvalue weighted by atomic mass is 10.1. The Kier molecular flexibility index (Phi) is 5.75. The number of aryl methyl sites for hydroxylation is 2. The number of nitrogens with zero attached hydrogens (tertiary/aromatic N) is 5. The first-order valence-corrected chi connectivity index (χ1v) is 8.81. The van der Waals surface area contributed by atoms with E-state index in [1.54, 1.807) is 17.6 Å². The van der Waals surface area contributed by atoms with Crippen molar-refractivity contribution in [1.29, 1.82) is 0 Å². The normalized spacial score (nSPS) is 11.9. The van der Waals surface area contributed by atoms with E-state index in [4.69, 9.17) is 0 Å². The van der Waals surface area contributed by atoms with Crippen molar-refractivity contribution < 1.29 is 4.79 Å². The van der Waals surface area contributed by atoms with Gasteiger partial charge in [0.15, 0.2) is 6.04 Å². The fourth-order valence-electron chi connectivity index (χ4n) is 2.97. The van der Waals surface area contributed by atoms with Gasteiger partial charge in [-0.2, -0.15) is 0 Å². The van der Waals surface area contributed by atoms with E-state index in [9.17, 15) is 9.59 Å². The van der Waals surface area contributed by atoms with Crippen LogP contribution in [-0.4, -0.2) is 37.2 Å². The minimum atomic E-state index is -0.637. The molecule has 0 radical (unpaired) electrons. The van der Waals surface area contributed by atoms with Crippen LogP contribution in [0.15, 0.2) is 53.3 Å². The highest BCUT2D eigenvalue weighted by atomic mass is 16.2. The Morgan fingerprint density at radius 3 is 2.56 bits per heavy atom. The third-order valence-corrected chi connectivity index (χ3v) is 4.39. The molecule has 0 saturated heterocycles. The number of hydrogen-bond donors (Lipinski definition) is 1. The molecular formula is C19H22N6O2. The Balaban J connectivity index is 1.67. The second kappa shape index (κ2) is 8.39. The van der Waals surface area contributed by atoms with E-state index in [0.717, 1.165) is 11.3 Å². The summed E-state index contributed by atoms with van der Waals surface area (Å²) in [5.74, 6) is 0.374. The number of aromatic nitrogens is 5. The van der Waals surface area contributed by atoms with Gasteiger partial charge in [0.1, 0.15) is 5.82 Å². The maximum Gasteiger partial charge on any atom is 0.250 e. The summed E-state index contributed by atoms with van der Waals surface area (Å²) in [6.07, 6.45) is 0.645. The lowest BCUT2D eigenvalue weighted by molar-refractivity contribution is -0.123. The number of nitrogens with one attached hydrogen (secondary N) is 1. The van der Waals surface area contributed by atoms with Crippen LogP contribution in [0, 0.1) is 13.8 Å². The lowest BCUT2D eigenvalue weighted by Gasteiger charge is -2.18. The Hall–Kier alpha value is -3.29. The molecule has 0 spiro atoms. The number of tetrazole rings is 1. The predicted molar refractivity (Wildman–Crippen MR) is 100 cm³/mol. The van der Waals surface area contributed by atoms with Crippen molar-refractivity contribution in [3.63, 3.8) is 0 Å². The molecule has 8 nitrogen and oxygen atoms in total. The largest absolute Gasteiger partial charge is 0.354 e. The Bertz CT molecular complexity index is 964. The molecule has 0 fully saturated rings. The summed E-state index contributed by atoms with van der Waals surface area (Å²) in [6, 6.07) is 13.9. The van der Waals surface area contributed by atoms with Gasteiger partial charge in [0, 0.05) is 24.8 Å². The Labute approximate surface area is 156 Å². The number of amides is 1. The Morgan fingerprint density at radius 1 is 1.11 bits per heavy atom. The third kappa shape index (κ3) is 4.28. The minimum absolute atomic E-state index is 0.0344. The van der Waals surface area contributed by atoms with E-state index in [1.165, 1.54) is 10.7 Å². The summed E-state index contributed by atoms with van der Waals surface area (Å²) in [5, 5.41) is 14.4. The second-order valence-corrected chi connectivity index (χ2v) is 6.29. The molecule has 0 bridgehead atoms. The van der Waals surface area contributed by atoms with Crippen molar-refractivity contribution in [3.8, 4) is 0 Å². The molecule has 0 unspecified atom stereocenters. The van der Waals surface area contributed by atoms with Crippen molar-refractivity contribution in [2.75, 3.05) is 6.54 Å². The van der Waals surface area contributed by atoms with Gasteiger partial charge >= 0.3 is 0 Å². The van der Waals surface area contributed by atoms with Crippen molar-refractivity contribution in [1.82, 2.24) is 30.1 Å². The van der Waals surface area contributed by atoms with E-state index >= 15 is 0 Å². The van der Waals surface area contributed by atoms with Gasteiger partial charge in [-0.15, -0.1) is 5.10 Å². The molecule has 140 valence electrons. The number of pyridine rings is 1. The molecule has 2 heterocycles. The number of rotatable bonds is 7. The highest BCUT2D eigenvalue weighted by Crippen LogP contribution is 2.18. The zero-order chi connectivity index (χ0) is 19.2. The fourth-order valence-corrected chi connectivity index (χ4v) is 2.97. The molecule has 0 saturated carbocycles. The predicted octanol–water partition coefficient (Wildman–Crippen LogP) is 1.25. The molecule has 27 heavy (non-hydrogen) atoms. The van der Waals surface area contributed by atoms with E-state index in [1.807, 2.05) is 43.3 Å². The molecule has 1 amide bonds. The van der Waals surface area contributed by atoms with Crippen LogP contribution >= 0.6 is 0 Å². The molecule has 0 aliphatic heterocycles. The van der Waals surface area contributed by atoms with Crippen LogP contribution in [-0.2, 0) is 11.3 Å². The lowest BCUT2D eigenvalue weighted by Crippen LogP contribution is -2.35. The second-order valence-electron chi connectivity index (χ2n) is 6.29. The number of hydrogen-bond acceptors (Lipinski definition) is 5. The molecule has 1 N–H and O–H groups in total. The van der Waals surface area contributed by atoms with Gasteiger partial charge in [-0.05, 0) is 42.3 Å². The van der Waals surface area contributed by atoms with Crippen LogP contribution in [0.25, 0.3) is 0 Å². The summed E-state index contributed by atoms with van der Waals surface area (Å²) in [4.78, 5) is 24.7. The monoisotopic (exact) mass is 366 g/mol. The van der Waals surface area contributed by atoms with Crippen molar-refractivity contribution in [3.05, 3.63) is 76.0 Å². The highest BCUT2D eigenvalue weighted by Gasteiger charge is 2.25. The maximum atomic E-state index is 12.8. The summed E-state index contributed by atoms with van der Waals surface area (Å²) >= 11 is 0. The topological polar surface area (TPSA) is 94.7 Å². The van der Waals surface area contributed by atoms with Gasteiger partial charge in [0.25, 0.3) is 5.56 Å². The van der Waals surface area contributed by atoms with Gasteiger partial charge in [-0.25, -0.2) is 4.68 Å². The smallest absolute Gasteiger partial charge is 0.250 e. The minimum Gasteiger partial charge on any atom is -0.354 e. The van der Waals surface area contributed by atoms with Gasteiger partial charge in [-0.1, -0.05) is 36.4 Å². The van der Waals surface area contributed by atoms with Gasteiger partial charge in [0.2, 0.25) is 5.91 Å². The molecule has 3 aromatic rings. The molecule has 3 rings (SSSR count). The average Bonchev–Trinajstić information content (AvgIpc) is 3.07. The van der Waals surface area contributed by atoms with Crippen molar-refractivity contribution >= 4 is 5.91 Å². The maximum absolute atomic E-state index is 12.8. The summed E-state index contributed by atoms with van der Waals surface area (Å²) < 4.78 is 3.21. The van der Waals surface area contributed by atoms with E-state index in [2.05, 4.69) is 20.8 Å². The van der Waals surface area contributed by atoms with Crippen LogP contribution in [0.1, 0.15) is 29.5 Å². The molecule has 0 aliphatic carbocycles. The third-order valence-electron chi connectivity index (χ3n) is 4.39. The van der Waals surface area contributed by atoms with Gasteiger partial charge < -0.3 is 9.88 Å². The van der Waals surface area contributed by atoms with Crippen LogP contribution in [0.3, 0.4) is 0 Å². The molecule has 8 heteroatoms. The van der Waals surface area contributed by atoms with Crippen molar-refractivity contribution in [2.24, 2.45) is 0 Å². The zero-order valence-electron chi connectivity index (χ0n) is 15.4.